The van der Waals surface area contributed by atoms with E-state index >= 15 is 0 Å². The molecular weight excluding hydrogens is 355 g/mol. The predicted molar refractivity (Wildman–Crippen MR) is 108 cm³/mol. The Morgan fingerprint density at radius 2 is 1.54 bits per heavy atom. The highest BCUT2D eigenvalue weighted by molar-refractivity contribution is 6.36. The van der Waals surface area contributed by atoms with Gasteiger partial charge >= 0.3 is 0 Å². The number of carbonyl (C=O) groups is 2. The Morgan fingerprint density at radius 3 is 2.25 bits per heavy atom. The number of benzene rings is 3. The lowest BCUT2D eigenvalue weighted by atomic mass is 10.0. The van der Waals surface area contributed by atoms with Crippen molar-refractivity contribution < 1.29 is 14.0 Å². The molecule has 0 saturated heterocycles. The summed E-state index contributed by atoms with van der Waals surface area (Å²) in [4.78, 5) is 27.3. The molecule has 0 bridgehead atoms. The summed E-state index contributed by atoms with van der Waals surface area (Å²) in [5.74, 6) is -1.16. The van der Waals surface area contributed by atoms with E-state index in [0.717, 1.165) is 16.5 Å². The largest absolute Gasteiger partial charge is 0.350 e. The molecule has 0 fully saturated rings. The number of amides is 2. The molecule has 0 aromatic heterocycles. The number of hydrogen-bond donors (Lipinski definition) is 1. The third-order valence-corrected chi connectivity index (χ3v) is 4.81. The van der Waals surface area contributed by atoms with Crippen LogP contribution in [0.25, 0.3) is 16.3 Å². The van der Waals surface area contributed by atoms with Crippen LogP contribution in [-0.2, 0) is 9.59 Å². The Balaban J connectivity index is 1.87. The zero-order valence-corrected chi connectivity index (χ0v) is 15.6. The monoisotopic (exact) mass is 374 g/mol. The molecule has 3 aromatic rings. The predicted octanol–water partition coefficient (Wildman–Crippen LogP) is 4.58. The Hall–Kier alpha value is -3.47. The van der Waals surface area contributed by atoms with Gasteiger partial charge in [0.2, 0.25) is 0 Å². The van der Waals surface area contributed by atoms with E-state index < -0.39 is 5.82 Å². The van der Waals surface area contributed by atoms with E-state index in [0.29, 0.717) is 5.56 Å². The van der Waals surface area contributed by atoms with Gasteiger partial charge in [0.25, 0.3) is 11.8 Å². The fourth-order valence-corrected chi connectivity index (χ4v) is 3.49. The van der Waals surface area contributed by atoms with Crippen molar-refractivity contribution in [1.82, 2.24) is 4.90 Å². The molecule has 1 N–H and O–H groups in total. The molecule has 4 nitrogen and oxygen atoms in total. The van der Waals surface area contributed by atoms with Crippen LogP contribution in [0.5, 0.6) is 0 Å². The molecular formula is C23H19FN2O2. The Morgan fingerprint density at radius 1 is 0.857 bits per heavy atom. The van der Waals surface area contributed by atoms with Gasteiger partial charge in [0.15, 0.2) is 0 Å². The number of hydrogen-bond acceptors (Lipinski definition) is 3. The summed E-state index contributed by atoms with van der Waals surface area (Å²) >= 11 is 0. The van der Waals surface area contributed by atoms with Crippen LogP contribution in [0.15, 0.2) is 72.4 Å². The Bertz CT molecular complexity index is 1110. The summed E-state index contributed by atoms with van der Waals surface area (Å²) in [6, 6.07) is 18.9. The maximum Gasteiger partial charge on any atom is 0.278 e. The standard InChI is InChI=1S/C23H19FN2O2/c1-14(2)26-22(27)20(16-10-12-17(24)13-11-16)21(23(26)28)25-19-9-5-7-15-6-3-4-8-18(15)19/h3-14,25H,1-2H3. The van der Waals surface area contributed by atoms with Gasteiger partial charge in [-0.25, -0.2) is 4.39 Å². The van der Waals surface area contributed by atoms with Crippen molar-refractivity contribution in [3.8, 4) is 0 Å². The molecule has 0 saturated carbocycles. The first kappa shape index (κ1) is 17.9. The van der Waals surface area contributed by atoms with Gasteiger partial charge in [-0.05, 0) is 43.0 Å². The Kier molecular flexibility index (Phi) is 4.43. The molecule has 5 heteroatoms. The normalized spacial score (nSPS) is 14.5. The van der Waals surface area contributed by atoms with Crippen molar-refractivity contribution in [3.63, 3.8) is 0 Å². The average Bonchev–Trinajstić information content (AvgIpc) is 2.93. The number of rotatable bonds is 4. The van der Waals surface area contributed by atoms with Gasteiger partial charge in [0, 0.05) is 17.1 Å². The van der Waals surface area contributed by atoms with Crippen LogP contribution in [0, 0.1) is 5.82 Å². The summed E-state index contributed by atoms with van der Waals surface area (Å²) < 4.78 is 13.4. The maximum absolute atomic E-state index is 13.4. The lowest BCUT2D eigenvalue weighted by molar-refractivity contribution is -0.138. The van der Waals surface area contributed by atoms with Crippen LogP contribution in [0.4, 0.5) is 10.1 Å². The molecule has 0 radical (unpaired) electrons. The van der Waals surface area contributed by atoms with Crippen molar-refractivity contribution in [2.45, 2.75) is 19.9 Å². The lowest BCUT2D eigenvalue weighted by Crippen LogP contribution is -2.38. The molecule has 140 valence electrons. The summed E-state index contributed by atoms with van der Waals surface area (Å²) in [5, 5.41) is 5.15. The van der Waals surface area contributed by atoms with Crippen molar-refractivity contribution in [2.24, 2.45) is 0 Å². The molecule has 3 aromatic carbocycles. The van der Waals surface area contributed by atoms with E-state index in [-0.39, 0.29) is 29.1 Å². The topological polar surface area (TPSA) is 49.4 Å². The average molecular weight is 374 g/mol. The van der Waals surface area contributed by atoms with Crippen molar-refractivity contribution in [3.05, 3.63) is 83.8 Å². The lowest BCUT2D eigenvalue weighted by Gasteiger charge is -2.19. The smallest absolute Gasteiger partial charge is 0.278 e. The first-order valence-corrected chi connectivity index (χ1v) is 9.10. The highest BCUT2D eigenvalue weighted by Crippen LogP contribution is 2.33. The maximum atomic E-state index is 13.4. The van der Waals surface area contributed by atoms with E-state index in [4.69, 9.17) is 0 Å². The Labute approximate surface area is 162 Å². The van der Waals surface area contributed by atoms with Gasteiger partial charge in [-0.3, -0.25) is 14.5 Å². The fraction of sp³-hybridized carbons (Fsp3) is 0.130. The highest BCUT2D eigenvalue weighted by atomic mass is 19.1. The molecule has 0 unspecified atom stereocenters. The number of anilines is 1. The quantitative estimate of drug-likeness (QED) is 0.680. The van der Waals surface area contributed by atoms with Crippen molar-refractivity contribution in [2.75, 3.05) is 5.32 Å². The minimum Gasteiger partial charge on any atom is -0.350 e. The van der Waals surface area contributed by atoms with Crippen LogP contribution in [-0.4, -0.2) is 22.8 Å². The minimum atomic E-state index is -0.398. The van der Waals surface area contributed by atoms with Gasteiger partial charge in [-0.2, -0.15) is 0 Å². The number of halogens is 1. The van der Waals surface area contributed by atoms with E-state index in [2.05, 4.69) is 5.32 Å². The first-order valence-electron chi connectivity index (χ1n) is 9.10. The van der Waals surface area contributed by atoms with E-state index in [1.54, 1.807) is 13.8 Å². The van der Waals surface area contributed by atoms with Crippen molar-refractivity contribution in [1.29, 1.82) is 0 Å². The van der Waals surface area contributed by atoms with Crippen LogP contribution < -0.4 is 5.32 Å². The highest BCUT2D eigenvalue weighted by Gasteiger charge is 2.40. The molecule has 0 spiro atoms. The summed E-state index contributed by atoms with van der Waals surface area (Å²) in [7, 11) is 0. The minimum absolute atomic E-state index is 0.210. The van der Waals surface area contributed by atoms with Crippen LogP contribution in [0.3, 0.4) is 0 Å². The number of nitrogens with zero attached hydrogens (tertiary/aromatic N) is 1. The van der Waals surface area contributed by atoms with Crippen LogP contribution >= 0.6 is 0 Å². The SMILES string of the molecule is CC(C)N1C(=O)C(Nc2cccc3ccccc23)=C(c2ccc(F)cc2)C1=O. The van der Waals surface area contributed by atoms with Gasteiger partial charge in [0.1, 0.15) is 11.5 Å². The number of nitrogens with one attached hydrogen (secondary N) is 1. The van der Waals surface area contributed by atoms with E-state index in [1.165, 1.54) is 29.2 Å². The van der Waals surface area contributed by atoms with Gasteiger partial charge in [-0.15, -0.1) is 0 Å². The molecule has 0 aliphatic carbocycles. The molecule has 0 atom stereocenters. The van der Waals surface area contributed by atoms with E-state index in [1.807, 2.05) is 42.5 Å². The van der Waals surface area contributed by atoms with Crippen LogP contribution in [0.2, 0.25) is 0 Å². The van der Waals surface area contributed by atoms with Crippen molar-refractivity contribution >= 4 is 33.8 Å². The fourth-order valence-electron chi connectivity index (χ4n) is 3.49. The number of imide groups is 1. The molecule has 4 rings (SSSR count). The summed E-state index contributed by atoms with van der Waals surface area (Å²) in [5.41, 5.74) is 1.71. The second-order valence-corrected chi connectivity index (χ2v) is 6.98. The molecule has 28 heavy (non-hydrogen) atoms. The molecule has 1 heterocycles. The number of fused-ring (bicyclic) bond motifs is 1. The van der Waals surface area contributed by atoms with Crippen LogP contribution in [0.1, 0.15) is 19.4 Å². The van der Waals surface area contributed by atoms with Gasteiger partial charge in [-0.1, -0.05) is 48.5 Å². The molecule has 1 aliphatic rings. The third kappa shape index (κ3) is 2.95. The summed E-state index contributed by atoms with van der Waals surface area (Å²) in [6.07, 6.45) is 0. The van der Waals surface area contributed by atoms with Gasteiger partial charge in [0.05, 0.1) is 5.57 Å². The molecule has 2 amide bonds. The second-order valence-electron chi connectivity index (χ2n) is 6.98. The van der Waals surface area contributed by atoms with Gasteiger partial charge < -0.3 is 5.32 Å². The zero-order valence-electron chi connectivity index (χ0n) is 15.6. The second kappa shape index (κ2) is 6.93. The molecule has 1 aliphatic heterocycles. The number of carbonyl (C=O) groups excluding carboxylic acids is 2. The third-order valence-electron chi connectivity index (χ3n) is 4.81. The zero-order chi connectivity index (χ0) is 19.8. The first-order chi connectivity index (χ1) is 13.5. The summed E-state index contributed by atoms with van der Waals surface area (Å²) in [6.45, 7) is 3.58. The van der Waals surface area contributed by atoms with E-state index in [9.17, 15) is 14.0 Å².